The highest BCUT2D eigenvalue weighted by Gasteiger charge is 2.37. The van der Waals surface area contributed by atoms with Crippen molar-refractivity contribution in [2.45, 2.75) is 6.92 Å². The molecule has 2 fully saturated rings. The minimum absolute atomic E-state index is 0.00750. The van der Waals surface area contributed by atoms with Crippen molar-refractivity contribution in [1.82, 2.24) is 9.80 Å². The third-order valence-electron chi connectivity index (χ3n) is 2.26. The molecule has 4 nitrogen and oxygen atoms in total. The molecule has 2 rings (SSSR count). The van der Waals surface area contributed by atoms with Gasteiger partial charge in [-0.15, -0.1) is 0 Å². The van der Waals surface area contributed by atoms with Gasteiger partial charge < -0.3 is 9.80 Å². The van der Waals surface area contributed by atoms with Gasteiger partial charge in [-0.3, -0.25) is 9.59 Å². The predicted molar refractivity (Wildman–Crippen MR) is 42.3 cm³/mol. The van der Waals surface area contributed by atoms with Gasteiger partial charge >= 0.3 is 0 Å². The lowest BCUT2D eigenvalue weighted by molar-refractivity contribution is -0.140. The second kappa shape index (κ2) is 2.47. The molecule has 66 valence electrons. The van der Waals surface area contributed by atoms with Gasteiger partial charge in [-0.2, -0.15) is 0 Å². The number of hydrogen-bond donors (Lipinski definition) is 0. The molecular weight excluding hydrogens is 156 g/mol. The maximum Gasteiger partial charge on any atom is 0.234 e. The molecule has 2 aliphatic heterocycles. The lowest BCUT2D eigenvalue weighted by atomic mass is 10.1. The zero-order chi connectivity index (χ0) is 8.72. The summed E-state index contributed by atoms with van der Waals surface area (Å²) in [5.41, 5.74) is 0. The number of hydrogen-bond acceptors (Lipinski definition) is 2. The fraction of sp³-hybridized carbons (Fsp3) is 0.750. The van der Waals surface area contributed by atoms with Crippen LogP contribution in [-0.2, 0) is 9.59 Å². The predicted octanol–water partition coefficient (Wildman–Crippen LogP) is -0.693. The van der Waals surface area contributed by atoms with Crippen LogP contribution in [0.4, 0.5) is 0 Å². The summed E-state index contributed by atoms with van der Waals surface area (Å²) in [5, 5.41) is 0. The molecule has 0 aromatic rings. The molecule has 2 heterocycles. The Kier molecular flexibility index (Phi) is 1.56. The number of carbonyl (C=O) groups is 2. The van der Waals surface area contributed by atoms with Crippen LogP contribution in [0.15, 0.2) is 0 Å². The van der Waals surface area contributed by atoms with E-state index in [0.717, 1.165) is 26.2 Å². The van der Waals surface area contributed by atoms with Gasteiger partial charge in [0.1, 0.15) is 5.92 Å². The van der Waals surface area contributed by atoms with Crippen molar-refractivity contribution in [3.05, 3.63) is 0 Å². The third-order valence-corrected chi connectivity index (χ3v) is 2.26. The Hall–Kier alpha value is -1.06. The first-order valence-electron chi connectivity index (χ1n) is 4.28. The van der Waals surface area contributed by atoms with Crippen molar-refractivity contribution in [2.24, 2.45) is 5.92 Å². The number of carbonyl (C=O) groups excluding carboxylic acids is 2. The maximum absolute atomic E-state index is 11.4. The van der Waals surface area contributed by atoms with Crippen LogP contribution in [0.5, 0.6) is 0 Å². The lowest BCUT2D eigenvalue weighted by Gasteiger charge is -2.09. The summed E-state index contributed by atoms with van der Waals surface area (Å²) in [6.45, 7) is 5.01. The molecule has 0 saturated carbocycles. The minimum Gasteiger partial charge on any atom is -0.338 e. The fourth-order valence-electron chi connectivity index (χ4n) is 1.19. The van der Waals surface area contributed by atoms with Crippen molar-refractivity contribution < 1.29 is 9.59 Å². The standard InChI is InChI=1S/C8H12N2O2/c1-6(7(11)9-2-3-9)8(12)10-4-5-10/h6H,2-5H2,1H3. The molecule has 0 aromatic heterocycles. The SMILES string of the molecule is CC(C(=O)N1CC1)C(=O)N1CC1. The van der Waals surface area contributed by atoms with Crippen LogP contribution in [-0.4, -0.2) is 47.8 Å². The van der Waals surface area contributed by atoms with Gasteiger partial charge in [-0.1, -0.05) is 0 Å². The average Bonchev–Trinajstić information content (AvgIpc) is 2.90. The Bertz CT molecular complexity index is 207. The summed E-state index contributed by atoms with van der Waals surface area (Å²) in [5.74, 6) is -0.464. The Morgan fingerprint density at radius 1 is 1.00 bits per heavy atom. The first-order valence-corrected chi connectivity index (χ1v) is 4.28. The quantitative estimate of drug-likeness (QED) is 0.404. The monoisotopic (exact) mass is 168 g/mol. The van der Waals surface area contributed by atoms with Crippen LogP contribution in [0.25, 0.3) is 0 Å². The Morgan fingerprint density at radius 3 is 1.58 bits per heavy atom. The topological polar surface area (TPSA) is 40.2 Å². The van der Waals surface area contributed by atoms with E-state index in [-0.39, 0.29) is 11.8 Å². The van der Waals surface area contributed by atoms with Gasteiger partial charge in [0.2, 0.25) is 11.8 Å². The molecule has 0 aromatic carbocycles. The number of nitrogens with zero attached hydrogens (tertiary/aromatic N) is 2. The summed E-state index contributed by atoms with van der Waals surface area (Å²) >= 11 is 0. The molecule has 0 aliphatic carbocycles. The molecule has 2 saturated heterocycles. The molecule has 2 aliphatic rings. The van der Waals surface area contributed by atoms with E-state index in [1.165, 1.54) is 0 Å². The summed E-state index contributed by atoms with van der Waals surface area (Å²) < 4.78 is 0. The molecule has 4 heteroatoms. The lowest BCUT2D eigenvalue weighted by Crippen LogP contribution is -2.31. The second-order valence-electron chi connectivity index (χ2n) is 3.37. The van der Waals surface area contributed by atoms with Crippen LogP contribution >= 0.6 is 0 Å². The van der Waals surface area contributed by atoms with Crippen molar-refractivity contribution in [1.29, 1.82) is 0 Å². The second-order valence-corrected chi connectivity index (χ2v) is 3.37. The van der Waals surface area contributed by atoms with Crippen LogP contribution in [0.1, 0.15) is 6.92 Å². The van der Waals surface area contributed by atoms with Crippen LogP contribution in [0.2, 0.25) is 0 Å². The van der Waals surface area contributed by atoms with Crippen LogP contribution < -0.4 is 0 Å². The van der Waals surface area contributed by atoms with E-state index in [4.69, 9.17) is 0 Å². The first kappa shape index (κ1) is 7.58. The van der Waals surface area contributed by atoms with Gasteiger partial charge in [0, 0.05) is 26.2 Å². The average molecular weight is 168 g/mol. The van der Waals surface area contributed by atoms with Gasteiger partial charge in [0.05, 0.1) is 0 Å². The van der Waals surface area contributed by atoms with E-state index in [1.54, 1.807) is 16.7 Å². The Morgan fingerprint density at radius 2 is 1.33 bits per heavy atom. The van der Waals surface area contributed by atoms with E-state index in [2.05, 4.69) is 0 Å². The van der Waals surface area contributed by atoms with Crippen LogP contribution in [0.3, 0.4) is 0 Å². The molecule has 0 atom stereocenters. The Labute approximate surface area is 71.1 Å². The smallest absolute Gasteiger partial charge is 0.234 e. The zero-order valence-corrected chi connectivity index (χ0v) is 7.12. The van der Waals surface area contributed by atoms with Crippen LogP contribution in [0, 0.1) is 5.92 Å². The highest BCUT2D eigenvalue weighted by Crippen LogP contribution is 2.16. The van der Waals surface area contributed by atoms with Crippen molar-refractivity contribution in [2.75, 3.05) is 26.2 Å². The maximum atomic E-state index is 11.4. The van der Waals surface area contributed by atoms with Gasteiger partial charge in [-0.25, -0.2) is 0 Å². The number of amides is 2. The van der Waals surface area contributed by atoms with E-state index in [1.807, 2.05) is 0 Å². The third kappa shape index (κ3) is 1.29. The van der Waals surface area contributed by atoms with E-state index in [0.29, 0.717) is 0 Å². The molecule has 2 amide bonds. The van der Waals surface area contributed by atoms with Gasteiger partial charge in [0.15, 0.2) is 0 Å². The largest absolute Gasteiger partial charge is 0.338 e. The summed E-state index contributed by atoms with van der Waals surface area (Å²) in [6.07, 6.45) is 0. The van der Waals surface area contributed by atoms with E-state index < -0.39 is 5.92 Å². The fourth-order valence-corrected chi connectivity index (χ4v) is 1.19. The Balaban J connectivity index is 1.92. The summed E-state index contributed by atoms with van der Waals surface area (Å²) in [6, 6.07) is 0. The number of rotatable bonds is 2. The van der Waals surface area contributed by atoms with Gasteiger partial charge in [0.25, 0.3) is 0 Å². The zero-order valence-electron chi connectivity index (χ0n) is 7.12. The molecule has 0 radical (unpaired) electrons. The highest BCUT2D eigenvalue weighted by molar-refractivity contribution is 6.01. The van der Waals surface area contributed by atoms with E-state index in [9.17, 15) is 9.59 Å². The highest BCUT2D eigenvalue weighted by atomic mass is 16.2. The van der Waals surface area contributed by atoms with Crippen molar-refractivity contribution in [3.8, 4) is 0 Å². The molecular formula is C8H12N2O2. The molecule has 0 spiro atoms. The first-order chi connectivity index (χ1) is 5.70. The summed E-state index contributed by atoms with van der Waals surface area (Å²) in [7, 11) is 0. The molecule has 12 heavy (non-hydrogen) atoms. The van der Waals surface area contributed by atoms with Crippen molar-refractivity contribution in [3.63, 3.8) is 0 Å². The molecule has 0 N–H and O–H groups in total. The van der Waals surface area contributed by atoms with E-state index >= 15 is 0 Å². The van der Waals surface area contributed by atoms with Crippen molar-refractivity contribution >= 4 is 11.8 Å². The molecule has 0 unspecified atom stereocenters. The summed E-state index contributed by atoms with van der Waals surface area (Å²) in [4.78, 5) is 26.1. The molecule has 0 bridgehead atoms. The normalized spacial score (nSPS) is 19.8. The minimum atomic E-state index is -0.449. The van der Waals surface area contributed by atoms with Gasteiger partial charge in [-0.05, 0) is 6.92 Å².